The molecule has 1 aliphatic rings. The third-order valence-corrected chi connectivity index (χ3v) is 3.89. The maximum absolute atomic E-state index is 12.6. The second-order valence-corrected chi connectivity index (χ2v) is 5.49. The van der Waals surface area contributed by atoms with E-state index >= 15 is 0 Å². The molecule has 1 aromatic rings. The lowest BCUT2D eigenvalue weighted by Gasteiger charge is -2.17. The number of hydrogen-bond acceptors (Lipinski definition) is 2. The molecule has 3 heteroatoms. The fraction of sp³-hybridized carbons (Fsp3) is 0.471. The van der Waals surface area contributed by atoms with Crippen molar-refractivity contribution < 1.29 is 9.90 Å². The normalized spacial score (nSPS) is 21.4. The van der Waals surface area contributed by atoms with Gasteiger partial charge in [-0.25, -0.2) is 0 Å². The highest BCUT2D eigenvalue weighted by Gasteiger charge is 2.30. The molecule has 0 spiro atoms. The van der Waals surface area contributed by atoms with Gasteiger partial charge < -0.3 is 10.0 Å². The standard InChI is InChI=1S/C17H21NO2/c1-13-11-18(12-14(13)2)17(20)16-9-4-3-7-15(16)8-5-6-10-19/h3-4,7,9,13-14,19H,6,10-12H2,1-2H3. The zero-order valence-corrected chi connectivity index (χ0v) is 12.1. The molecule has 3 nitrogen and oxygen atoms in total. The van der Waals surface area contributed by atoms with Crippen LogP contribution in [0.2, 0.25) is 0 Å². The smallest absolute Gasteiger partial charge is 0.255 e. The zero-order chi connectivity index (χ0) is 14.5. The second kappa shape index (κ2) is 6.58. The summed E-state index contributed by atoms with van der Waals surface area (Å²) in [7, 11) is 0. The average Bonchev–Trinajstić information content (AvgIpc) is 2.79. The van der Waals surface area contributed by atoms with E-state index in [0.29, 0.717) is 23.8 Å². The Balaban J connectivity index is 2.21. The quantitative estimate of drug-likeness (QED) is 0.837. The molecular formula is C17H21NO2. The van der Waals surface area contributed by atoms with Crippen LogP contribution in [-0.4, -0.2) is 35.6 Å². The molecule has 1 aliphatic heterocycles. The van der Waals surface area contributed by atoms with Gasteiger partial charge in [-0.2, -0.15) is 0 Å². The summed E-state index contributed by atoms with van der Waals surface area (Å²) < 4.78 is 0. The number of rotatable bonds is 2. The van der Waals surface area contributed by atoms with E-state index in [1.54, 1.807) is 0 Å². The molecule has 1 saturated heterocycles. The maximum atomic E-state index is 12.6. The van der Waals surface area contributed by atoms with Crippen molar-refractivity contribution in [2.24, 2.45) is 11.8 Å². The summed E-state index contributed by atoms with van der Waals surface area (Å²) in [4.78, 5) is 14.5. The molecule has 1 heterocycles. The minimum absolute atomic E-state index is 0.0459. The molecule has 1 N–H and O–H groups in total. The van der Waals surface area contributed by atoms with Gasteiger partial charge in [-0.05, 0) is 24.0 Å². The summed E-state index contributed by atoms with van der Waals surface area (Å²) in [5.74, 6) is 7.03. The number of carbonyl (C=O) groups is 1. The SMILES string of the molecule is CC1CN(C(=O)c2ccccc2C#CCCO)CC1C. The highest BCUT2D eigenvalue weighted by molar-refractivity contribution is 5.96. The van der Waals surface area contributed by atoms with Crippen molar-refractivity contribution in [2.45, 2.75) is 20.3 Å². The molecule has 0 radical (unpaired) electrons. The Hall–Kier alpha value is -1.79. The molecule has 0 aliphatic carbocycles. The van der Waals surface area contributed by atoms with Crippen LogP contribution in [0.1, 0.15) is 36.2 Å². The van der Waals surface area contributed by atoms with E-state index in [1.807, 2.05) is 29.2 Å². The highest BCUT2D eigenvalue weighted by Crippen LogP contribution is 2.24. The van der Waals surface area contributed by atoms with Crippen molar-refractivity contribution in [1.29, 1.82) is 0 Å². The van der Waals surface area contributed by atoms with E-state index in [2.05, 4.69) is 25.7 Å². The van der Waals surface area contributed by atoms with Crippen LogP contribution in [-0.2, 0) is 0 Å². The zero-order valence-electron chi connectivity index (χ0n) is 12.1. The van der Waals surface area contributed by atoms with Gasteiger partial charge in [0.25, 0.3) is 5.91 Å². The molecular weight excluding hydrogens is 250 g/mol. The molecule has 1 fully saturated rings. The fourth-order valence-corrected chi connectivity index (χ4v) is 2.46. The van der Waals surface area contributed by atoms with Gasteiger partial charge in [-0.15, -0.1) is 0 Å². The van der Waals surface area contributed by atoms with Gasteiger partial charge in [0.05, 0.1) is 12.2 Å². The third-order valence-electron chi connectivity index (χ3n) is 3.89. The number of aliphatic hydroxyl groups is 1. The molecule has 20 heavy (non-hydrogen) atoms. The summed E-state index contributed by atoms with van der Waals surface area (Å²) in [6.07, 6.45) is 0.431. The lowest BCUT2D eigenvalue weighted by Crippen LogP contribution is -2.29. The predicted molar refractivity (Wildman–Crippen MR) is 79.3 cm³/mol. The van der Waals surface area contributed by atoms with E-state index < -0.39 is 0 Å². The summed E-state index contributed by atoms with van der Waals surface area (Å²) in [5, 5.41) is 8.78. The van der Waals surface area contributed by atoms with Crippen LogP contribution in [0.15, 0.2) is 24.3 Å². The van der Waals surface area contributed by atoms with Crippen LogP contribution in [0.25, 0.3) is 0 Å². The number of benzene rings is 1. The Morgan fingerprint density at radius 2 is 1.95 bits per heavy atom. The second-order valence-electron chi connectivity index (χ2n) is 5.49. The summed E-state index contributed by atoms with van der Waals surface area (Å²) >= 11 is 0. The largest absolute Gasteiger partial charge is 0.395 e. The number of nitrogens with zero attached hydrogens (tertiary/aromatic N) is 1. The third kappa shape index (κ3) is 3.20. The van der Waals surface area contributed by atoms with E-state index in [4.69, 9.17) is 5.11 Å². The number of carbonyl (C=O) groups excluding carboxylic acids is 1. The average molecular weight is 271 g/mol. The summed E-state index contributed by atoms with van der Waals surface area (Å²) in [6, 6.07) is 7.45. The molecule has 2 rings (SSSR count). The predicted octanol–water partition coefficient (Wildman–Crippen LogP) is 2.15. The maximum Gasteiger partial charge on any atom is 0.255 e. The molecule has 2 atom stereocenters. The molecule has 106 valence electrons. The van der Waals surface area contributed by atoms with Crippen molar-refractivity contribution in [3.63, 3.8) is 0 Å². The topological polar surface area (TPSA) is 40.5 Å². The number of aliphatic hydroxyl groups excluding tert-OH is 1. The fourth-order valence-electron chi connectivity index (χ4n) is 2.46. The molecule has 2 unspecified atom stereocenters. The van der Waals surface area contributed by atoms with Gasteiger partial charge in [0.2, 0.25) is 0 Å². The molecule has 1 aromatic carbocycles. The lowest BCUT2D eigenvalue weighted by atomic mass is 10.0. The summed E-state index contributed by atoms with van der Waals surface area (Å²) in [6.45, 7) is 6.05. The first-order valence-corrected chi connectivity index (χ1v) is 7.11. The van der Waals surface area contributed by atoms with E-state index in [-0.39, 0.29) is 12.5 Å². The van der Waals surface area contributed by atoms with E-state index in [0.717, 1.165) is 18.7 Å². The number of amides is 1. The van der Waals surface area contributed by atoms with Gasteiger partial charge in [-0.1, -0.05) is 37.8 Å². The van der Waals surface area contributed by atoms with Crippen LogP contribution in [0, 0.1) is 23.7 Å². The van der Waals surface area contributed by atoms with Crippen LogP contribution in [0.3, 0.4) is 0 Å². The highest BCUT2D eigenvalue weighted by atomic mass is 16.2. The van der Waals surface area contributed by atoms with Gasteiger partial charge >= 0.3 is 0 Å². The van der Waals surface area contributed by atoms with Crippen molar-refractivity contribution in [3.05, 3.63) is 35.4 Å². The molecule has 1 amide bonds. The molecule has 0 aromatic heterocycles. The molecule has 0 bridgehead atoms. The first kappa shape index (κ1) is 14.6. The molecule has 0 saturated carbocycles. The Morgan fingerprint density at radius 1 is 1.30 bits per heavy atom. The monoisotopic (exact) mass is 271 g/mol. The van der Waals surface area contributed by atoms with Crippen LogP contribution < -0.4 is 0 Å². The van der Waals surface area contributed by atoms with Crippen molar-refractivity contribution >= 4 is 5.91 Å². The minimum Gasteiger partial charge on any atom is -0.395 e. The Morgan fingerprint density at radius 3 is 2.60 bits per heavy atom. The van der Waals surface area contributed by atoms with Crippen LogP contribution in [0.4, 0.5) is 0 Å². The Bertz CT molecular complexity index is 531. The van der Waals surface area contributed by atoms with Crippen molar-refractivity contribution in [2.75, 3.05) is 19.7 Å². The van der Waals surface area contributed by atoms with Gasteiger partial charge in [0, 0.05) is 25.1 Å². The van der Waals surface area contributed by atoms with Crippen molar-refractivity contribution in [1.82, 2.24) is 4.90 Å². The van der Waals surface area contributed by atoms with Gasteiger partial charge in [0.1, 0.15) is 0 Å². The van der Waals surface area contributed by atoms with Crippen LogP contribution in [0.5, 0.6) is 0 Å². The van der Waals surface area contributed by atoms with Gasteiger partial charge in [-0.3, -0.25) is 4.79 Å². The van der Waals surface area contributed by atoms with Crippen LogP contribution >= 0.6 is 0 Å². The van der Waals surface area contributed by atoms with Gasteiger partial charge in [0.15, 0.2) is 0 Å². The first-order chi connectivity index (χ1) is 9.63. The minimum atomic E-state index is 0.0459. The van der Waals surface area contributed by atoms with Crippen molar-refractivity contribution in [3.8, 4) is 11.8 Å². The Kier molecular flexibility index (Phi) is 4.81. The number of hydrogen-bond donors (Lipinski definition) is 1. The van der Waals surface area contributed by atoms with E-state index in [1.165, 1.54) is 0 Å². The number of likely N-dealkylation sites (tertiary alicyclic amines) is 1. The lowest BCUT2D eigenvalue weighted by molar-refractivity contribution is 0.0784. The van der Waals surface area contributed by atoms with E-state index in [9.17, 15) is 4.79 Å². The summed E-state index contributed by atoms with van der Waals surface area (Å²) in [5.41, 5.74) is 1.41. The Labute approximate surface area is 120 Å². The first-order valence-electron chi connectivity index (χ1n) is 7.11.